The lowest BCUT2D eigenvalue weighted by atomic mass is 10.4. The topological polar surface area (TPSA) is 89.2 Å². The summed E-state index contributed by atoms with van der Waals surface area (Å²) in [7, 11) is -2.88. The van der Waals surface area contributed by atoms with Crippen molar-refractivity contribution >= 4 is 21.5 Å². The highest BCUT2D eigenvalue weighted by atomic mass is 32.2. The Morgan fingerprint density at radius 2 is 2.00 bits per heavy atom. The molecule has 0 unspecified atom stereocenters. The monoisotopic (exact) mass is 242 g/mol. The second-order valence-electron chi connectivity index (χ2n) is 3.81. The van der Waals surface area contributed by atoms with Gasteiger partial charge in [-0.05, 0) is 18.6 Å². The van der Waals surface area contributed by atoms with Crippen molar-refractivity contribution in [1.29, 1.82) is 0 Å². The normalized spacial score (nSPS) is 20.4. The molecule has 7 heteroatoms. The summed E-state index contributed by atoms with van der Waals surface area (Å²) in [6.45, 7) is 1.17. The zero-order valence-corrected chi connectivity index (χ0v) is 9.65. The smallest absolute Gasteiger partial charge is 0.152 e. The summed E-state index contributed by atoms with van der Waals surface area (Å²) in [6, 6.07) is 3.43. The number of anilines is 2. The summed E-state index contributed by atoms with van der Waals surface area (Å²) >= 11 is 0. The number of hydrogen-bond acceptors (Lipinski definition) is 6. The maximum Gasteiger partial charge on any atom is 0.152 e. The third kappa shape index (κ3) is 2.60. The van der Waals surface area contributed by atoms with Gasteiger partial charge in [0.1, 0.15) is 5.82 Å². The van der Waals surface area contributed by atoms with Gasteiger partial charge in [-0.15, -0.1) is 10.2 Å². The molecule has 1 fully saturated rings. The van der Waals surface area contributed by atoms with Crippen molar-refractivity contribution in [2.45, 2.75) is 6.42 Å². The van der Waals surface area contributed by atoms with Gasteiger partial charge in [0.25, 0.3) is 0 Å². The van der Waals surface area contributed by atoms with E-state index in [0.717, 1.165) is 0 Å². The minimum Gasteiger partial charge on any atom is -0.382 e. The first-order valence-corrected chi connectivity index (χ1v) is 6.93. The fourth-order valence-corrected chi connectivity index (χ4v) is 2.94. The van der Waals surface area contributed by atoms with Crippen molar-refractivity contribution in [3.63, 3.8) is 0 Å². The van der Waals surface area contributed by atoms with Crippen LogP contribution in [0.4, 0.5) is 11.6 Å². The third-order valence-corrected chi connectivity index (χ3v) is 4.27. The zero-order chi connectivity index (χ0) is 11.6. The van der Waals surface area contributed by atoms with Crippen LogP contribution in [0.25, 0.3) is 0 Å². The molecule has 0 spiro atoms. The molecular formula is C9H14N4O2S. The lowest BCUT2D eigenvalue weighted by molar-refractivity contribution is 0.597. The Hall–Kier alpha value is -1.37. The van der Waals surface area contributed by atoms with Gasteiger partial charge in [0.2, 0.25) is 0 Å². The second kappa shape index (κ2) is 4.25. The van der Waals surface area contributed by atoms with Crippen LogP contribution in [-0.2, 0) is 9.84 Å². The van der Waals surface area contributed by atoms with E-state index in [1.54, 1.807) is 12.1 Å². The van der Waals surface area contributed by atoms with Crippen LogP contribution in [0.1, 0.15) is 6.42 Å². The minimum absolute atomic E-state index is 0.180. The lowest BCUT2D eigenvalue weighted by Gasteiger charge is -2.19. The molecule has 0 aliphatic carbocycles. The summed E-state index contributed by atoms with van der Waals surface area (Å²) in [5, 5.41) is 7.71. The first kappa shape index (κ1) is 11.1. The molecule has 2 rings (SSSR count). The van der Waals surface area contributed by atoms with Gasteiger partial charge in [0.05, 0.1) is 11.5 Å². The van der Waals surface area contributed by atoms with Crippen LogP contribution in [0, 0.1) is 0 Å². The average molecular weight is 242 g/mol. The molecule has 16 heavy (non-hydrogen) atoms. The van der Waals surface area contributed by atoms with Crippen molar-refractivity contribution in [1.82, 2.24) is 10.2 Å². The number of hydrogen-bond donors (Lipinski definition) is 1. The van der Waals surface area contributed by atoms with Crippen LogP contribution >= 0.6 is 0 Å². The quantitative estimate of drug-likeness (QED) is 0.726. The largest absolute Gasteiger partial charge is 0.382 e. The van der Waals surface area contributed by atoms with Crippen LogP contribution in [0.15, 0.2) is 12.1 Å². The summed E-state index contributed by atoms with van der Waals surface area (Å²) in [4.78, 5) is 1.93. The minimum atomic E-state index is -2.88. The molecule has 0 saturated carbocycles. The maximum absolute atomic E-state index is 11.4. The van der Waals surface area contributed by atoms with Gasteiger partial charge in [0.15, 0.2) is 15.7 Å². The van der Waals surface area contributed by atoms with Crippen molar-refractivity contribution in [3.8, 4) is 0 Å². The highest BCUT2D eigenvalue weighted by molar-refractivity contribution is 7.91. The summed E-state index contributed by atoms with van der Waals surface area (Å²) in [6.07, 6.45) is 0.633. The van der Waals surface area contributed by atoms with Crippen LogP contribution in [-0.4, -0.2) is 43.2 Å². The molecule has 0 aromatic carbocycles. The Kier molecular flexibility index (Phi) is 2.95. The molecule has 0 bridgehead atoms. The fraction of sp³-hybridized carbons (Fsp3) is 0.556. The highest BCUT2D eigenvalue weighted by Gasteiger charge is 2.19. The Morgan fingerprint density at radius 1 is 1.19 bits per heavy atom. The Morgan fingerprint density at radius 3 is 2.69 bits per heavy atom. The molecule has 0 radical (unpaired) electrons. The van der Waals surface area contributed by atoms with Gasteiger partial charge in [-0.3, -0.25) is 0 Å². The number of nitrogen functional groups attached to an aromatic ring is 1. The summed E-state index contributed by atoms with van der Waals surface area (Å²) < 4.78 is 22.8. The van der Waals surface area contributed by atoms with Crippen LogP contribution in [0.2, 0.25) is 0 Å². The van der Waals surface area contributed by atoms with E-state index >= 15 is 0 Å². The van der Waals surface area contributed by atoms with Crippen LogP contribution < -0.4 is 10.6 Å². The Labute approximate surface area is 94.4 Å². The molecular weight excluding hydrogens is 228 g/mol. The molecule has 0 atom stereocenters. The van der Waals surface area contributed by atoms with E-state index in [-0.39, 0.29) is 11.5 Å². The van der Waals surface area contributed by atoms with E-state index in [9.17, 15) is 8.42 Å². The molecule has 0 amide bonds. The number of nitrogens with two attached hydrogens (primary N) is 1. The predicted molar refractivity (Wildman–Crippen MR) is 61.9 cm³/mol. The van der Waals surface area contributed by atoms with Gasteiger partial charge < -0.3 is 10.6 Å². The fourth-order valence-electron chi connectivity index (χ4n) is 1.67. The van der Waals surface area contributed by atoms with Crippen molar-refractivity contribution in [2.75, 3.05) is 35.2 Å². The SMILES string of the molecule is Nc1ccc(N2CCCS(=O)(=O)CC2)nn1. The molecule has 2 heterocycles. The summed E-state index contributed by atoms with van der Waals surface area (Å²) in [5.74, 6) is 1.49. The maximum atomic E-state index is 11.4. The highest BCUT2D eigenvalue weighted by Crippen LogP contribution is 2.14. The zero-order valence-electron chi connectivity index (χ0n) is 8.83. The molecule has 2 N–H and O–H groups in total. The lowest BCUT2D eigenvalue weighted by Crippen LogP contribution is -2.27. The van der Waals surface area contributed by atoms with E-state index in [1.807, 2.05) is 4.90 Å². The first-order chi connectivity index (χ1) is 7.57. The van der Waals surface area contributed by atoms with Crippen LogP contribution in [0.5, 0.6) is 0 Å². The predicted octanol–water partition coefficient (Wildman–Crippen LogP) is -0.316. The van der Waals surface area contributed by atoms with Gasteiger partial charge in [-0.1, -0.05) is 0 Å². The molecule has 1 saturated heterocycles. The number of nitrogens with zero attached hydrogens (tertiary/aromatic N) is 3. The van der Waals surface area contributed by atoms with E-state index in [4.69, 9.17) is 5.73 Å². The van der Waals surface area contributed by atoms with E-state index < -0.39 is 9.84 Å². The molecule has 1 aromatic rings. The molecule has 6 nitrogen and oxygen atoms in total. The van der Waals surface area contributed by atoms with Gasteiger partial charge in [-0.2, -0.15) is 0 Å². The van der Waals surface area contributed by atoms with E-state index in [2.05, 4.69) is 10.2 Å². The number of rotatable bonds is 1. The molecule has 1 aliphatic heterocycles. The summed E-state index contributed by atoms with van der Waals surface area (Å²) in [5.41, 5.74) is 5.44. The average Bonchev–Trinajstić information content (AvgIpc) is 2.41. The molecule has 88 valence electrons. The number of sulfone groups is 1. The van der Waals surface area contributed by atoms with Crippen molar-refractivity contribution in [2.24, 2.45) is 0 Å². The standard InChI is InChI=1S/C9H14N4O2S/c10-8-2-3-9(12-11-8)13-4-1-6-16(14,15)7-5-13/h2-3H,1,4-7H2,(H2,10,11). The first-order valence-electron chi connectivity index (χ1n) is 5.11. The Bertz CT molecular complexity index is 457. The van der Waals surface area contributed by atoms with Gasteiger partial charge >= 0.3 is 0 Å². The number of aromatic nitrogens is 2. The van der Waals surface area contributed by atoms with E-state index in [1.165, 1.54) is 0 Å². The second-order valence-corrected chi connectivity index (χ2v) is 6.11. The van der Waals surface area contributed by atoms with Crippen molar-refractivity contribution < 1.29 is 8.42 Å². The Balaban J connectivity index is 2.13. The molecule has 1 aromatic heterocycles. The van der Waals surface area contributed by atoms with Gasteiger partial charge in [-0.25, -0.2) is 8.42 Å². The third-order valence-electron chi connectivity index (χ3n) is 2.55. The van der Waals surface area contributed by atoms with Crippen LogP contribution in [0.3, 0.4) is 0 Å². The molecule has 1 aliphatic rings. The van der Waals surface area contributed by atoms with E-state index in [0.29, 0.717) is 31.1 Å². The van der Waals surface area contributed by atoms with Crippen molar-refractivity contribution in [3.05, 3.63) is 12.1 Å². The van der Waals surface area contributed by atoms with Gasteiger partial charge in [0, 0.05) is 13.1 Å².